The lowest BCUT2D eigenvalue weighted by Crippen LogP contribution is -2.27. The van der Waals surface area contributed by atoms with E-state index in [2.05, 4.69) is 10.3 Å². The van der Waals surface area contributed by atoms with Gasteiger partial charge >= 0.3 is 5.97 Å². The highest BCUT2D eigenvalue weighted by Gasteiger charge is 2.14. The summed E-state index contributed by atoms with van der Waals surface area (Å²) in [4.78, 5) is 14.7. The Morgan fingerprint density at radius 3 is 3.00 bits per heavy atom. The zero-order valence-electron chi connectivity index (χ0n) is 9.84. The average Bonchev–Trinajstić information content (AvgIpc) is 2.57. The topological polar surface area (TPSA) is 87.7 Å². The Morgan fingerprint density at radius 1 is 1.44 bits per heavy atom. The zero-order valence-corrected chi connectivity index (χ0v) is 9.84. The van der Waals surface area contributed by atoms with Crippen LogP contribution in [0.25, 0.3) is 0 Å². The summed E-state index contributed by atoms with van der Waals surface area (Å²) in [5.74, 6) is -0.844. The second-order valence-corrected chi connectivity index (χ2v) is 4.11. The van der Waals surface area contributed by atoms with E-state index in [0.29, 0.717) is 6.42 Å². The molecule has 0 saturated carbocycles. The van der Waals surface area contributed by atoms with Gasteiger partial charge in [0.15, 0.2) is 0 Å². The van der Waals surface area contributed by atoms with Crippen molar-refractivity contribution in [3.8, 4) is 0 Å². The smallest absolute Gasteiger partial charge is 0.303 e. The summed E-state index contributed by atoms with van der Waals surface area (Å²) in [5, 5.41) is 11.9. The summed E-state index contributed by atoms with van der Waals surface area (Å²) in [6.45, 7) is 0. The molecule has 1 heterocycles. The molecule has 0 aromatic heterocycles. The van der Waals surface area contributed by atoms with Crippen molar-refractivity contribution in [2.24, 2.45) is 10.7 Å². The molecule has 0 amide bonds. The third kappa shape index (κ3) is 2.95. The fourth-order valence-corrected chi connectivity index (χ4v) is 1.73. The highest BCUT2D eigenvalue weighted by Crippen LogP contribution is 2.20. The Labute approximate surface area is 105 Å². The van der Waals surface area contributed by atoms with Crippen molar-refractivity contribution in [1.82, 2.24) is 0 Å². The van der Waals surface area contributed by atoms with Crippen molar-refractivity contribution in [2.45, 2.75) is 18.9 Å². The molecule has 0 fully saturated rings. The van der Waals surface area contributed by atoms with E-state index in [1.807, 2.05) is 24.3 Å². The quantitative estimate of drug-likeness (QED) is 0.751. The summed E-state index contributed by atoms with van der Waals surface area (Å²) < 4.78 is 0. The van der Waals surface area contributed by atoms with Gasteiger partial charge in [0, 0.05) is 36.1 Å². The number of anilines is 1. The Balaban J connectivity index is 2.10. The van der Waals surface area contributed by atoms with Crippen LogP contribution in [0.1, 0.15) is 18.4 Å². The number of nitrogens with two attached hydrogens (primary N) is 1. The molecule has 5 nitrogen and oxygen atoms in total. The van der Waals surface area contributed by atoms with Crippen molar-refractivity contribution < 1.29 is 9.90 Å². The first-order valence-electron chi connectivity index (χ1n) is 5.73. The van der Waals surface area contributed by atoms with Crippen LogP contribution in [0.4, 0.5) is 5.69 Å². The summed E-state index contributed by atoms with van der Waals surface area (Å²) in [7, 11) is 0. The van der Waals surface area contributed by atoms with Gasteiger partial charge in [-0.1, -0.05) is 18.2 Å². The summed E-state index contributed by atoms with van der Waals surface area (Å²) >= 11 is 0. The number of carbonyl (C=O) groups is 1. The zero-order chi connectivity index (χ0) is 13.0. The number of aliphatic carboxylic acids is 1. The monoisotopic (exact) mass is 245 g/mol. The molecule has 1 aliphatic heterocycles. The molecule has 5 heteroatoms. The summed E-state index contributed by atoms with van der Waals surface area (Å²) in [6, 6.07) is 7.38. The number of carboxylic acid groups (broad SMARTS) is 1. The molecule has 0 bridgehead atoms. The minimum atomic E-state index is -0.844. The Morgan fingerprint density at radius 2 is 2.22 bits per heavy atom. The lowest BCUT2D eigenvalue weighted by Gasteiger charge is -2.16. The average molecular weight is 245 g/mol. The third-order valence-corrected chi connectivity index (χ3v) is 2.74. The number of fused-ring (bicyclic) bond motifs is 1. The number of rotatable bonds is 4. The predicted octanol–water partition coefficient (Wildman–Crippen LogP) is 1.56. The molecule has 0 aliphatic carbocycles. The molecule has 2 rings (SSSR count). The number of carboxylic acids is 1. The molecule has 18 heavy (non-hydrogen) atoms. The van der Waals surface area contributed by atoms with Crippen LogP contribution in [-0.4, -0.2) is 23.3 Å². The standard InChI is InChI=1S/C13H15N3O2/c14-10(5-6-13(17)18)12-8-15-7-9-3-1-2-4-11(9)16-12/h1-4,7-8,10,16H,5-6,14H2,(H,17,18). The van der Waals surface area contributed by atoms with Gasteiger partial charge in [-0.25, -0.2) is 0 Å². The van der Waals surface area contributed by atoms with Crippen LogP contribution >= 0.6 is 0 Å². The molecule has 1 aliphatic rings. The van der Waals surface area contributed by atoms with Gasteiger partial charge in [-0.05, 0) is 12.5 Å². The molecule has 94 valence electrons. The van der Waals surface area contributed by atoms with Crippen LogP contribution in [-0.2, 0) is 4.79 Å². The van der Waals surface area contributed by atoms with E-state index in [0.717, 1.165) is 16.9 Å². The van der Waals surface area contributed by atoms with E-state index in [4.69, 9.17) is 10.8 Å². The van der Waals surface area contributed by atoms with Gasteiger partial charge in [0.25, 0.3) is 0 Å². The van der Waals surface area contributed by atoms with Crippen molar-refractivity contribution in [2.75, 3.05) is 5.32 Å². The lowest BCUT2D eigenvalue weighted by atomic mass is 10.1. The van der Waals surface area contributed by atoms with E-state index in [-0.39, 0.29) is 12.5 Å². The van der Waals surface area contributed by atoms with Gasteiger partial charge in [0.2, 0.25) is 0 Å². The van der Waals surface area contributed by atoms with E-state index in [1.165, 1.54) is 0 Å². The molecule has 1 aromatic rings. The molecule has 0 saturated heterocycles. The largest absolute Gasteiger partial charge is 0.481 e. The minimum Gasteiger partial charge on any atom is -0.481 e. The Hall–Kier alpha value is -2.14. The van der Waals surface area contributed by atoms with Crippen LogP contribution in [0.5, 0.6) is 0 Å². The maximum Gasteiger partial charge on any atom is 0.303 e. The van der Waals surface area contributed by atoms with Crippen molar-refractivity contribution in [3.05, 3.63) is 41.7 Å². The van der Waals surface area contributed by atoms with Crippen molar-refractivity contribution in [1.29, 1.82) is 0 Å². The Kier molecular flexibility index (Phi) is 3.74. The summed E-state index contributed by atoms with van der Waals surface area (Å²) in [6.07, 6.45) is 3.82. The second kappa shape index (κ2) is 5.46. The van der Waals surface area contributed by atoms with E-state index in [9.17, 15) is 4.79 Å². The first-order chi connectivity index (χ1) is 8.66. The molecule has 0 radical (unpaired) electrons. The molecule has 1 unspecified atom stereocenters. The normalized spacial score (nSPS) is 15.1. The van der Waals surface area contributed by atoms with E-state index < -0.39 is 5.97 Å². The summed E-state index contributed by atoms with van der Waals surface area (Å²) in [5.41, 5.74) is 8.60. The van der Waals surface area contributed by atoms with Gasteiger partial charge in [-0.3, -0.25) is 9.79 Å². The third-order valence-electron chi connectivity index (χ3n) is 2.74. The van der Waals surface area contributed by atoms with E-state index in [1.54, 1.807) is 12.4 Å². The first kappa shape index (κ1) is 12.3. The molecular formula is C13H15N3O2. The van der Waals surface area contributed by atoms with Crippen LogP contribution in [0.3, 0.4) is 0 Å². The first-order valence-corrected chi connectivity index (χ1v) is 5.73. The SMILES string of the molecule is NC(CCC(=O)O)C1=CN=Cc2ccccc2N1. The van der Waals surface area contributed by atoms with Gasteiger partial charge < -0.3 is 16.2 Å². The highest BCUT2D eigenvalue weighted by molar-refractivity contribution is 5.89. The molecule has 0 spiro atoms. The van der Waals surface area contributed by atoms with Crippen LogP contribution in [0, 0.1) is 0 Å². The number of hydrogen-bond acceptors (Lipinski definition) is 4. The number of aliphatic imine (C=N–C) groups is 1. The maximum absolute atomic E-state index is 10.5. The van der Waals surface area contributed by atoms with Crippen LogP contribution in [0.15, 0.2) is 41.2 Å². The van der Waals surface area contributed by atoms with E-state index >= 15 is 0 Å². The fourth-order valence-electron chi connectivity index (χ4n) is 1.73. The van der Waals surface area contributed by atoms with Gasteiger partial charge in [0.1, 0.15) is 0 Å². The predicted molar refractivity (Wildman–Crippen MR) is 70.6 cm³/mol. The fraction of sp³-hybridized carbons (Fsp3) is 0.231. The molecule has 4 N–H and O–H groups in total. The second-order valence-electron chi connectivity index (χ2n) is 4.11. The number of nitrogens with zero attached hydrogens (tertiary/aromatic N) is 1. The minimum absolute atomic E-state index is 0.0472. The van der Waals surface area contributed by atoms with Crippen molar-refractivity contribution in [3.63, 3.8) is 0 Å². The molecule has 1 aromatic carbocycles. The van der Waals surface area contributed by atoms with Gasteiger partial charge in [-0.2, -0.15) is 0 Å². The van der Waals surface area contributed by atoms with Gasteiger partial charge in [-0.15, -0.1) is 0 Å². The van der Waals surface area contributed by atoms with Gasteiger partial charge in [0.05, 0.1) is 5.70 Å². The number of para-hydroxylation sites is 1. The maximum atomic E-state index is 10.5. The molecular weight excluding hydrogens is 230 g/mol. The number of benzene rings is 1. The number of nitrogens with one attached hydrogen (secondary N) is 1. The van der Waals surface area contributed by atoms with Crippen molar-refractivity contribution >= 4 is 17.9 Å². The lowest BCUT2D eigenvalue weighted by molar-refractivity contribution is -0.137. The van der Waals surface area contributed by atoms with Crippen LogP contribution in [0.2, 0.25) is 0 Å². The van der Waals surface area contributed by atoms with Crippen LogP contribution < -0.4 is 11.1 Å². The Bertz CT molecular complexity index is 509. The number of hydrogen-bond donors (Lipinski definition) is 3. The molecule has 1 atom stereocenters. The highest BCUT2D eigenvalue weighted by atomic mass is 16.4.